The van der Waals surface area contributed by atoms with Crippen molar-refractivity contribution < 1.29 is 8.42 Å². The minimum atomic E-state index is -3.47. The van der Waals surface area contributed by atoms with Gasteiger partial charge in [-0.05, 0) is 18.9 Å². The number of H-pyrrole nitrogens is 1. The molecule has 0 saturated carbocycles. The zero-order chi connectivity index (χ0) is 12.3. The molecule has 17 heavy (non-hydrogen) atoms. The minimum absolute atomic E-state index is 0.104. The maximum atomic E-state index is 12.4. The molecule has 1 aliphatic rings. The molecule has 0 bridgehead atoms. The number of hydrogen-bond donors (Lipinski definition) is 1. The van der Waals surface area contributed by atoms with E-state index in [-0.39, 0.29) is 11.1 Å². The number of sulfonamides is 1. The summed E-state index contributed by atoms with van der Waals surface area (Å²) in [4.78, 5) is 0. The van der Waals surface area contributed by atoms with Gasteiger partial charge in [0.1, 0.15) is 0 Å². The predicted octanol–water partition coefficient (Wildman–Crippen LogP) is 1.58. The van der Waals surface area contributed by atoms with E-state index in [4.69, 9.17) is 11.6 Å². The summed E-state index contributed by atoms with van der Waals surface area (Å²) in [6.07, 6.45) is 5.26. The standard InChI is InChI=1S/C10H16ClN3O2S/c11-8-9-4-2-1-3-7-14(9)17(15,16)10-5-6-12-13-10/h5-6,9H,1-4,7-8H2,(H,12,13). The minimum Gasteiger partial charge on any atom is -0.266 e. The monoisotopic (exact) mass is 277 g/mol. The summed E-state index contributed by atoms with van der Waals surface area (Å²) in [6.45, 7) is 0.540. The van der Waals surface area contributed by atoms with Gasteiger partial charge in [-0.2, -0.15) is 9.40 Å². The van der Waals surface area contributed by atoms with Gasteiger partial charge in [-0.1, -0.05) is 12.8 Å². The number of rotatable bonds is 3. The summed E-state index contributed by atoms with van der Waals surface area (Å²) in [5.74, 6) is 0.341. The molecule has 0 spiro atoms. The fourth-order valence-electron chi connectivity index (χ4n) is 2.13. The Morgan fingerprint density at radius 1 is 1.47 bits per heavy atom. The molecule has 1 N–H and O–H groups in total. The van der Waals surface area contributed by atoms with Crippen LogP contribution in [0.5, 0.6) is 0 Å². The molecule has 5 nitrogen and oxygen atoms in total. The van der Waals surface area contributed by atoms with Crippen LogP contribution >= 0.6 is 11.6 Å². The van der Waals surface area contributed by atoms with E-state index in [1.54, 1.807) is 0 Å². The number of alkyl halides is 1. The van der Waals surface area contributed by atoms with Crippen molar-refractivity contribution in [1.82, 2.24) is 14.5 Å². The molecular formula is C10H16ClN3O2S. The predicted molar refractivity (Wildman–Crippen MR) is 65.5 cm³/mol. The molecule has 1 saturated heterocycles. The number of hydrogen-bond acceptors (Lipinski definition) is 3. The first-order valence-electron chi connectivity index (χ1n) is 5.73. The Kier molecular flexibility index (Phi) is 4.06. The molecule has 0 aliphatic carbocycles. The van der Waals surface area contributed by atoms with Crippen molar-refractivity contribution in [3.63, 3.8) is 0 Å². The molecule has 2 heterocycles. The fraction of sp³-hybridized carbons (Fsp3) is 0.700. The summed E-state index contributed by atoms with van der Waals surface area (Å²) < 4.78 is 26.2. The van der Waals surface area contributed by atoms with Crippen LogP contribution in [0.2, 0.25) is 0 Å². The number of halogens is 1. The highest BCUT2D eigenvalue weighted by Gasteiger charge is 2.32. The van der Waals surface area contributed by atoms with Gasteiger partial charge in [0.2, 0.25) is 0 Å². The highest BCUT2D eigenvalue weighted by atomic mass is 35.5. The first kappa shape index (κ1) is 12.9. The highest BCUT2D eigenvalue weighted by molar-refractivity contribution is 7.89. The average Bonchev–Trinajstić information content (AvgIpc) is 2.74. The third kappa shape index (κ3) is 2.64. The Labute approximate surface area is 106 Å². The number of nitrogens with zero attached hydrogens (tertiary/aromatic N) is 2. The van der Waals surface area contributed by atoms with Gasteiger partial charge in [-0.25, -0.2) is 8.42 Å². The van der Waals surface area contributed by atoms with Crippen molar-refractivity contribution in [2.75, 3.05) is 12.4 Å². The van der Waals surface area contributed by atoms with Crippen LogP contribution in [-0.4, -0.2) is 41.4 Å². The van der Waals surface area contributed by atoms with Crippen LogP contribution in [0.15, 0.2) is 17.3 Å². The van der Waals surface area contributed by atoms with Crippen LogP contribution in [0.3, 0.4) is 0 Å². The third-order valence-corrected chi connectivity index (χ3v) is 5.30. The summed E-state index contributed by atoms with van der Waals surface area (Å²) in [6, 6.07) is 1.37. The maximum Gasteiger partial charge on any atom is 0.260 e. The quantitative estimate of drug-likeness (QED) is 0.853. The van der Waals surface area contributed by atoms with Crippen molar-refractivity contribution in [2.24, 2.45) is 0 Å². The molecule has 1 unspecified atom stereocenters. The second-order valence-electron chi connectivity index (χ2n) is 4.19. The topological polar surface area (TPSA) is 66.1 Å². The van der Waals surface area contributed by atoms with Gasteiger partial charge in [-0.15, -0.1) is 11.6 Å². The smallest absolute Gasteiger partial charge is 0.260 e. The average molecular weight is 278 g/mol. The van der Waals surface area contributed by atoms with Crippen molar-refractivity contribution in [3.8, 4) is 0 Å². The zero-order valence-corrected chi connectivity index (χ0v) is 11.0. The lowest BCUT2D eigenvalue weighted by Gasteiger charge is -2.26. The van der Waals surface area contributed by atoms with Gasteiger partial charge >= 0.3 is 0 Å². The number of aromatic amines is 1. The van der Waals surface area contributed by atoms with Crippen molar-refractivity contribution in [3.05, 3.63) is 12.3 Å². The van der Waals surface area contributed by atoms with Crippen molar-refractivity contribution in [1.29, 1.82) is 0 Å². The van der Waals surface area contributed by atoms with Crippen LogP contribution in [0.4, 0.5) is 0 Å². The van der Waals surface area contributed by atoms with Gasteiger partial charge in [-0.3, -0.25) is 5.10 Å². The first-order valence-corrected chi connectivity index (χ1v) is 7.71. The third-order valence-electron chi connectivity index (χ3n) is 3.06. The zero-order valence-electron chi connectivity index (χ0n) is 9.47. The Hall–Kier alpha value is -0.590. The van der Waals surface area contributed by atoms with Gasteiger partial charge in [0.05, 0.1) is 6.20 Å². The lowest BCUT2D eigenvalue weighted by molar-refractivity contribution is 0.343. The Morgan fingerprint density at radius 3 is 2.94 bits per heavy atom. The molecule has 7 heteroatoms. The molecule has 2 rings (SSSR count). The number of nitrogens with one attached hydrogen (secondary N) is 1. The molecule has 0 amide bonds. The summed E-state index contributed by atoms with van der Waals surface area (Å²) >= 11 is 5.88. The second kappa shape index (κ2) is 5.37. The maximum absolute atomic E-state index is 12.4. The van der Waals surface area contributed by atoms with E-state index in [9.17, 15) is 8.42 Å². The van der Waals surface area contributed by atoms with Crippen LogP contribution in [0, 0.1) is 0 Å². The van der Waals surface area contributed by atoms with Crippen LogP contribution in [0.25, 0.3) is 0 Å². The first-order chi connectivity index (χ1) is 8.16. The molecule has 1 aromatic rings. The Morgan fingerprint density at radius 2 is 2.29 bits per heavy atom. The van der Waals surface area contributed by atoms with Crippen LogP contribution in [0.1, 0.15) is 25.7 Å². The normalized spacial score (nSPS) is 23.5. The van der Waals surface area contributed by atoms with E-state index in [1.165, 1.54) is 16.6 Å². The van der Waals surface area contributed by atoms with E-state index < -0.39 is 10.0 Å². The van der Waals surface area contributed by atoms with E-state index in [0.29, 0.717) is 12.4 Å². The summed E-state index contributed by atoms with van der Waals surface area (Å²) in [5.41, 5.74) is 0. The largest absolute Gasteiger partial charge is 0.266 e. The van der Waals surface area contributed by atoms with Crippen molar-refractivity contribution >= 4 is 21.6 Å². The van der Waals surface area contributed by atoms with Gasteiger partial charge in [0.25, 0.3) is 10.0 Å². The lowest BCUT2D eigenvalue weighted by Crippen LogP contribution is -2.41. The van der Waals surface area contributed by atoms with Crippen LogP contribution in [-0.2, 0) is 10.0 Å². The summed E-state index contributed by atoms with van der Waals surface area (Å²) in [5, 5.41) is 6.36. The molecule has 96 valence electrons. The van der Waals surface area contributed by atoms with Crippen LogP contribution < -0.4 is 0 Å². The Bertz CT molecular complexity index is 446. The molecule has 1 aliphatic heterocycles. The second-order valence-corrected chi connectivity index (χ2v) is 6.36. The number of aromatic nitrogens is 2. The van der Waals surface area contributed by atoms with Gasteiger partial charge in [0.15, 0.2) is 5.03 Å². The SMILES string of the molecule is O=S(=O)(c1ccn[nH]1)N1CCCCCC1CCl. The molecule has 0 radical (unpaired) electrons. The van der Waals surface area contributed by atoms with E-state index in [1.807, 2.05) is 0 Å². The molecule has 1 aromatic heterocycles. The Balaban J connectivity index is 2.29. The fourth-order valence-corrected chi connectivity index (χ4v) is 4.13. The van der Waals surface area contributed by atoms with Gasteiger partial charge in [0, 0.05) is 18.5 Å². The van der Waals surface area contributed by atoms with E-state index >= 15 is 0 Å². The molecule has 1 fully saturated rings. The highest BCUT2D eigenvalue weighted by Crippen LogP contribution is 2.24. The molecule has 1 atom stereocenters. The van der Waals surface area contributed by atoms with E-state index in [2.05, 4.69) is 10.2 Å². The van der Waals surface area contributed by atoms with Crippen molar-refractivity contribution in [2.45, 2.75) is 36.8 Å². The van der Waals surface area contributed by atoms with E-state index in [0.717, 1.165) is 25.7 Å². The molecule has 0 aromatic carbocycles. The van der Waals surface area contributed by atoms with Gasteiger partial charge < -0.3 is 0 Å². The molecular weight excluding hydrogens is 262 g/mol. The lowest BCUT2D eigenvalue weighted by atomic mass is 10.1. The summed E-state index contributed by atoms with van der Waals surface area (Å²) in [7, 11) is -3.47.